The number of hydrogen-bond acceptors (Lipinski definition) is 5. The van der Waals surface area contributed by atoms with Crippen LogP contribution in [0.15, 0.2) is 29.2 Å². The lowest BCUT2D eigenvalue weighted by Gasteiger charge is -2.37. The maximum absolute atomic E-state index is 12.8. The highest BCUT2D eigenvalue weighted by molar-refractivity contribution is 7.89. The molecule has 9 heteroatoms. The lowest BCUT2D eigenvalue weighted by atomic mass is 10.0. The van der Waals surface area contributed by atoms with E-state index >= 15 is 0 Å². The molecule has 2 heterocycles. The zero-order chi connectivity index (χ0) is 20.3. The van der Waals surface area contributed by atoms with Crippen LogP contribution in [-0.4, -0.2) is 79.6 Å². The SMILES string of the molecule is Cc1ccc(S(=O)(=O)N2CCN(CC(=O)N3CCCC[C@H]3C(N)=O)CC2)cc1. The predicted molar refractivity (Wildman–Crippen MR) is 105 cm³/mol. The van der Waals surface area contributed by atoms with Crippen molar-refractivity contribution in [3.63, 3.8) is 0 Å². The molecule has 3 rings (SSSR count). The largest absolute Gasteiger partial charge is 0.368 e. The summed E-state index contributed by atoms with van der Waals surface area (Å²) in [7, 11) is -3.52. The number of carbonyl (C=O) groups excluding carboxylic acids is 2. The summed E-state index contributed by atoms with van der Waals surface area (Å²) in [5.41, 5.74) is 6.45. The maximum atomic E-state index is 12.8. The van der Waals surface area contributed by atoms with Crippen LogP contribution in [0.2, 0.25) is 0 Å². The smallest absolute Gasteiger partial charge is 0.243 e. The van der Waals surface area contributed by atoms with Crippen molar-refractivity contribution in [3.8, 4) is 0 Å². The lowest BCUT2D eigenvalue weighted by molar-refractivity contribution is -0.142. The first kappa shape index (κ1) is 20.8. The highest BCUT2D eigenvalue weighted by atomic mass is 32.2. The zero-order valence-electron chi connectivity index (χ0n) is 16.2. The first-order chi connectivity index (χ1) is 13.3. The van der Waals surface area contributed by atoms with Crippen LogP contribution in [0.25, 0.3) is 0 Å². The van der Waals surface area contributed by atoms with Gasteiger partial charge in [0.15, 0.2) is 0 Å². The highest BCUT2D eigenvalue weighted by Crippen LogP contribution is 2.20. The summed E-state index contributed by atoms with van der Waals surface area (Å²) in [4.78, 5) is 28.1. The van der Waals surface area contributed by atoms with E-state index in [1.165, 1.54) is 4.31 Å². The van der Waals surface area contributed by atoms with E-state index in [2.05, 4.69) is 0 Å². The summed E-state index contributed by atoms with van der Waals surface area (Å²) in [6.07, 6.45) is 2.38. The van der Waals surface area contributed by atoms with Gasteiger partial charge in [-0.2, -0.15) is 4.31 Å². The molecule has 2 saturated heterocycles. The fourth-order valence-corrected chi connectivity index (χ4v) is 5.22. The van der Waals surface area contributed by atoms with Crippen molar-refractivity contribution < 1.29 is 18.0 Å². The number of rotatable bonds is 5. The van der Waals surface area contributed by atoms with E-state index in [-0.39, 0.29) is 12.5 Å². The van der Waals surface area contributed by atoms with Gasteiger partial charge in [-0.15, -0.1) is 0 Å². The molecule has 1 aromatic carbocycles. The molecule has 0 aliphatic carbocycles. The third-order valence-corrected chi connectivity index (χ3v) is 7.41. The molecule has 0 unspecified atom stereocenters. The molecule has 2 amide bonds. The van der Waals surface area contributed by atoms with Gasteiger partial charge in [0.25, 0.3) is 0 Å². The van der Waals surface area contributed by atoms with Crippen molar-refractivity contribution in [2.24, 2.45) is 5.73 Å². The number of carbonyl (C=O) groups is 2. The molecule has 0 spiro atoms. The number of hydrogen-bond donors (Lipinski definition) is 1. The molecule has 0 radical (unpaired) electrons. The quantitative estimate of drug-likeness (QED) is 0.748. The summed E-state index contributed by atoms with van der Waals surface area (Å²) in [5.74, 6) is -0.569. The van der Waals surface area contributed by atoms with Crippen LogP contribution in [-0.2, 0) is 19.6 Å². The van der Waals surface area contributed by atoms with Crippen molar-refractivity contribution >= 4 is 21.8 Å². The van der Waals surface area contributed by atoms with Crippen molar-refractivity contribution in [1.82, 2.24) is 14.1 Å². The van der Waals surface area contributed by atoms with Crippen molar-refractivity contribution in [1.29, 1.82) is 0 Å². The van der Waals surface area contributed by atoms with E-state index in [1.807, 2.05) is 11.8 Å². The van der Waals surface area contributed by atoms with Crippen molar-refractivity contribution in [3.05, 3.63) is 29.8 Å². The number of nitrogens with zero attached hydrogens (tertiary/aromatic N) is 3. The number of primary amides is 1. The second-order valence-electron chi connectivity index (χ2n) is 7.49. The summed E-state index contributed by atoms with van der Waals surface area (Å²) in [6.45, 7) is 4.27. The topological polar surface area (TPSA) is 104 Å². The van der Waals surface area contributed by atoms with E-state index in [0.717, 1.165) is 18.4 Å². The predicted octanol–water partition coefficient (Wildman–Crippen LogP) is 0.168. The van der Waals surface area contributed by atoms with Crippen molar-refractivity contribution in [2.45, 2.75) is 37.1 Å². The molecule has 2 N–H and O–H groups in total. The minimum atomic E-state index is -3.52. The van der Waals surface area contributed by atoms with Crippen LogP contribution in [0.1, 0.15) is 24.8 Å². The molecule has 2 aliphatic rings. The molecule has 1 atom stereocenters. The first-order valence-electron chi connectivity index (χ1n) is 9.67. The van der Waals surface area contributed by atoms with Gasteiger partial charge in [0.1, 0.15) is 6.04 Å². The summed E-state index contributed by atoms with van der Waals surface area (Å²) in [6, 6.07) is 6.30. The van der Waals surface area contributed by atoms with E-state index in [9.17, 15) is 18.0 Å². The van der Waals surface area contributed by atoms with Crippen LogP contribution in [0.3, 0.4) is 0 Å². The third kappa shape index (κ3) is 4.53. The standard InChI is InChI=1S/C19H28N4O4S/c1-15-5-7-16(8-6-15)28(26,27)22-12-10-21(11-13-22)14-18(24)23-9-3-2-4-17(23)19(20)25/h5-8,17H,2-4,9-14H2,1H3,(H2,20,25)/t17-/m0/s1. The Balaban J connectivity index is 1.57. The second kappa shape index (κ2) is 8.59. The highest BCUT2D eigenvalue weighted by Gasteiger charge is 2.33. The normalized spacial score (nSPS) is 22.2. The number of piperazine rings is 1. The Hall–Kier alpha value is -1.97. The molecular formula is C19H28N4O4S. The Morgan fingerprint density at radius 3 is 2.29 bits per heavy atom. The monoisotopic (exact) mass is 408 g/mol. The molecule has 1 aromatic rings. The average molecular weight is 409 g/mol. The number of nitrogens with two attached hydrogens (primary N) is 1. The Labute approximate surface area is 166 Å². The molecule has 28 heavy (non-hydrogen) atoms. The Kier molecular flexibility index (Phi) is 6.36. The van der Waals surface area contributed by atoms with Crippen LogP contribution in [0, 0.1) is 6.92 Å². The zero-order valence-corrected chi connectivity index (χ0v) is 17.0. The van der Waals surface area contributed by atoms with Crippen LogP contribution in [0.4, 0.5) is 0 Å². The fourth-order valence-electron chi connectivity index (χ4n) is 3.80. The summed E-state index contributed by atoms with van der Waals surface area (Å²) >= 11 is 0. The molecule has 2 aliphatic heterocycles. The fraction of sp³-hybridized carbons (Fsp3) is 0.579. The van der Waals surface area contributed by atoms with Crippen LogP contribution in [0.5, 0.6) is 0 Å². The molecule has 0 saturated carbocycles. The van der Waals surface area contributed by atoms with E-state index < -0.39 is 22.0 Å². The molecule has 0 bridgehead atoms. The van der Waals surface area contributed by atoms with Gasteiger partial charge < -0.3 is 10.6 Å². The van der Waals surface area contributed by atoms with Crippen molar-refractivity contribution in [2.75, 3.05) is 39.3 Å². The molecule has 0 aromatic heterocycles. The van der Waals surface area contributed by atoms with E-state index in [4.69, 9.17) is 5.73 Å². The van der Waals surface area contributed by atoms with Gasteiger partial charge in [0.2, 0.25) is 21.8 Å². The van der Waals surface area contributed by atoms with Crippen LogP contribution < -0.4 is 5.73 Å². The van der Waals surface area contributed by atoms with Gasteiger partial charge in [0, 0.05) is 32.7 Å². The molecule has 8 nitrogen and oxygen atoms in total. The van der Waals surface area contributed by atoms with Gasteiger partial charge in [-0.3, -0.25) is 14.5 Å². The Morgan fingerprint density at radius 1 is 1.04 bits per heavy atom. The number of piperidine rings is 1. The Bertz CT molecular complexity index is 817. The van der Waals surface area contributed by atoms with Gasteiger partial charge in [-0.25, -0.2) is 8.42 Å². The third-order valence-electron chi connectivity index (χ3n) is 5.50. The first-order valence-corrected chi connectivity index (χ1v) is 11.1. The van der Waals surface area contributed by atoms with Gasteiger partial charge in [-0.05, 0) is 38.3 Å². The average Bonchev–Trinajstić information content (AvgIpc) is 2.68. The number of aryl methyl sites for hydroxylation is 1. The number of amides is 2. The number of likely N-dealkylation sites (tertiary alicyclic amines) is 1. The number of sulfonamides is 1. The van der Waals surface area contributed by atoms with E-state index in [1.54, 1.807) is 29.2 Å². The lowest BCUT2D eigenvalue weighted by Crippen LogP contribution is -2.55. The maximum Gasteiger partial charge on any atom is 0.243 e. The summed E-state index contributed by atoms with van der Waals surface area (Å²) in [5, 5.41) is 0. The molecule has 154 valence electrons. The minimum absolute atomic E-state index is 0.113. The molecule has 2 fully saturated rings. The summed E-state index contributed by atoms with van der Waals surface area (Å²) < 4.78 is 27.0. The van der Waals surface area contributed by atoms with Gasteiger partial charge in [-0.1, -0.05) is 17.7 Å². The van der Waals surface area contributed by atoms with E-state index in [0.29, 0.717) is 44.0 Å². The Morgan fingerprint density at radius 2 is 1.68 bits per heavy atom. The van der Waals surface area contributed by atoms with Gasteiger partial charge >= 0.3 is 0 Å². The molecular weight excluding hydrogens is 380 g/mol. The second-order valence-corrected chi connectivity index (χ2v) is 9.43. The van der Waals surface area contributed by atoms with Gasteiger partial charge in [0.05, 0.1) is 11.4 Å². The minimum Gasteiger partial charge on any atom is -0.368 e. The number of benzene rings is 1. The van der Waals surface area contributed by atoms with Crippen LogP contribution >= 0.6 is 0 Å².